The maximum atomic E-state index is 12.6. The van der Waals surface area contributed by atoms with Crippen LogP contribution in [0.15, 0.2) is 29.2 Å². The summed E-state index contributed by atoms with van der Waals surface area (Å²) in [5.74, 6) is 0.0618. The minimum absolute atomic E-state index is 0.00317. The number of carbonyl (C=O) groups is 1. The summed E-state index contributed by atoms with van der Waals surface area (Å²) >= 11 is 0. The summed E-state index contributed by atoms with van der Waals surface area (Å²) in [7, 11) is -3.62. The first-order chi connectivity index (χ1) is 11.5. The molecule has 0 aromatic heterocycles. The molecule has 24 heavy (non-hydrogen) atoms. The summed E-state index contributed by atoms with van der Waals surface area (Å²) in [5, 5.41) is 9.44. The summed E-state index contributed by atoms with van der Waals surface area (Å²) < 4.78 is 27.9. The highest BCUT2D eigenvalue weighted by Gasteiger charge is 2.29. The predicted molar refractivity (Wildman–Crippen MR) is 91.2 cm³/mol. The maximum absolute atomic E-state index is 12.6. The van der Waals surface area contributed by atoms with Gasteiger partial charge in [0.25, 0.3) is 0 Å². The van der Waals surface area contributed by atoms with E-state index in [1.165, 1.54) is 0 Å². The molecule has 2 fully saturated rings. The Hall–Kier alpha value is -1.44. The number of nitrogens with zero attached hydrogens (tertiary/aromatic N) is 1. The number of hydrogen-bond donors (Lipinski definition) is 2. The highest BCUT2D eigenvalue weighted by atomic mass is 32.2. The number of amides is 1. The number of benzene rings is 1. The Labute approximate surface area is 142 Å². The van der Waals surface area contributed by atoms with Gasteiger partial charge in [0.1, 0.15) is 0 Å². The van der Waals surface area contributed by atoms with Gasteiger partial charge in [-0.05, 0) is 49.4 Å². The third-order valence-corrected chi connectivity index (χ3v) is 6.49. The molecule has 1 amide bonds. The van der Waals surface area contributed by atoms with E-state index in [1.54, 1.807) is 29.2 Å². The third kappa shape index (κ3) is 3.63. The van der Waals surface area contributed by atoms with Crippen LogP contribution in [-0.4, -0.2) is 38.6 Å². The first kappa shape index (κ1) is 17.4. The van der Waals surface area contributed by atoms with Crippen molar-refractivity contribution in [3.8, 4) is 0 Å². The lowest BCUT2D eigenvalue weighted by molar-refractivity contribution is -0.117. The average molecular weight is 352 g/mol. The van der Waals surface area contributed by atoms with Gasteiger partial charge in [-0.3, -0.25) is 4.79 Å². The average Bonchev–Trinajstić information content (AvgIpc) is 3.01. The second-order valence-corrected chi connectivity index (χ2v) is 8.31. The second kappa shape index (κ2) is 7.21. The van der Waals surface area contributed by atoms with Crippen molar-refractivity contribution in [3.63, 3.8) is 0 Å². The zero-order valence-corrected chi connectivity index (χ0v) is 14.5. The molecule has 1 aliphatic carbocycles. The molecule has 2 N–H and O–H groups in total. The van der Waals surface area contributed by atoms with Crippen molar-refractivity contribution in [2.45, 2.75) is 49.5 Å². The van der Waals surface area contributed by atoms with Crippen LogP contribution in [0.2, 0.25) is 0 Å². The van der Waals surface area contributed by atoms with Gasteiger partial charge in [-0.25, -0.2) is 13.1 Å². The minimum atomic E-state index is -3.62. The molecule has 6 nitrogen and oxygen atoms in total. The largest absolute Gasteiger partial charge is 0.396 e. The van der Waals surface area contributed by atoms with Crippen molar-refractivity contribution in [2.24, 2.45) is 5.92 Å². The highest BCUT2D eigenvalue weighted by Crippen LogP contribution is 2.27. The van der Waals surface area contributed by atoms with E-state index in [1.807, 2.05) is 0 Å². The van der Waals surface area contributed by atoms with Crippen LogP contribution in [0, 0.1) is 5.92 Å². The smallest absolute Gasteiger partial charge is 0.240 e. The van der Waals surface area contributed by atoms with Crippen LogP contribution < -0.4 is 9.62 Å². The molecule has 0 radical (unpaired) electrons. The third-order valence-electron chi connectivity index (χ3n) is 4.98. The molecule has 1 aromatic rings. The van der Waals surface area contributed by atoms with Gasteiger partial charge in [-0.15, -0.1) is 0 Å². The molecule has 3 rings (SSSR count). The van der Waals surface area contributed by atoms with Gasteiger partial charge >= 0.3 is 0 Å². The molecule has 0 spiro atoms. The Kier molecular flexibility index (Phi) is 5.22. The maximum Gasteiger partial charge on any atom is 0.240 e. The molecule has 2 aliphatic rings. The Morgan fingerprint density at radius 1 is 1.12 bits per heavy atom. The Bertz CT molecular complexity index is 687. The van der Waals surface area contributed by atoms with Crippen LogP contribution in [0.4, 0.5) is 5.69 Å². The molecule has 1 saturated heterocycles. The zero-order chi connectivity index (χ0) is 17.2. The van der Waals surface area contributed by atoms with Crippen LogP contribution in [0.1, 0.15) is 38.5 Å². The van der Waals surface area contributed by atoms with Gasteiger partial charge in [0.15, 0.2) is 0 Å². The fourth-order valence-corrected chi connectivity index (χ4v) is 4.91. The minimum Gasteiger partial charge on any atom is -0.396 e. The van der Waals surface area contributed by atoms with E-state index in [0.717, 1.165) is 37.8 Å². The lowest BCUT2D eigenvalue weighted by Crippen LogP contribution is -2.43. The molecule has 1 aromatic carbocycles. The highest BCUT2D eigenvalue weighted by molar-refractivity contribution is 7.89. The van der Waals surface area contributed by atoms with Gasteiger partial charge in [0.2, 0.25) is 15.9 Å². The number of aliphatic hydroxyl groups excluding tert-OH is 1. The van der Waals surface area contributed by atoms with Crippen molar-refractivity contribution in [3.05, 3.63) is 24.3 Å². The van der Waals surface area contributed by atoms with E-state index in [-0.39, 0.29) is 29.4 Å². The van der Waals surface area contributed by atoms with Gasteiger partial charge in [-0.1, -0.05) is 12.8 Å². The molecule has 0 bridgehead atoms. The SMILES string of the molecule is O=C1CCCN1c1ccc(S(=O)(=O)N[C@H]2CCCC[C@@H]2CO)cc1. The Morgan fingerprint density at radius 3 is 2.46 bits per heavy atom. The number of aliphatic hydroxyl groups is 1. The van der Waals surface area contributed by atoms with Gasteiger partial charge in [0.05, 0.1) is 4.90 Å². The number of hydrogen-bond acceptors (Lipinski definition) is 4. The van der Waals surface area contributed by atoms with E-state index in [4.69, 9.17) is 0 Å². The predicted octanol–water partition coefficient (Wildman–Crippen LogP) is 1.64. The molecule has 132 valence electrons. The topological polar surface area (TPSA) is 86.7 Å². The molecular weight excluding hydrogens is 328 g/mol. The lowest BCUT2D eigenvalue weighted by atomic mass is 9.86. The zero-order valence-electron chi connectivity index (χ0n) is 13.6. The van der Waals surface area contributed by atoms with Crippen molar-refractivity contribution >= 4 is 21.6 Å². The number of nitrogens with one attached hydrogen (secondary N) is 1. The van der Waals surface area contributed by atoms with Crippen molar-refractivity contribution in [1.29, 1.82) is 0 Å². The number of anilines is 1. The van der Waals surface area contributed by atoms with Crippen molar-refractivity contribution < 1.29 is 18.3 Å². The summed E-state index contributed by atoms with van der Waals surface area (Å²) in [6, 6.07) is 6.23. The monoisotopic (exact) mass is 352 g/mol. The molecule has 2 atom stereocenters. The van der Waals surface area contributed by atoms with Crippen molar-refractivity contribution in [2.75, 3.05) is 18.1 Å². The molecular formula is C17H24N2O4S. The van der Waals surface area contributed by atoms with Crippen LogP contribution in [0.3, 0.4) is 0 Å². The van der Waals surface area contributed by atoms with E-state index in [2.05, 4.69) is 4.72 Å². The summed E-state index contributed by atoms with van der Waals surface area (Å²) in [6.45, 7) is 0.687. The Morgan fingerprint density at radius 2 is 1.83 bits per heavy atom. The normalized spacial score (nSPS) is 25.2. The van der Waals surface area contributed by atoms with Crippen molar-refractivity contribution in [1.82, 2.24) is 4.72 Å². The first-order valence-corrected chi connectivity index (χ1v) is 10.0. The van der Waals surface area contributed by atoms with E-state index < -0.39 is 10.0 Å². The summed E-state index contributed by atoms with van der Waals surface area (Å²) in [4.78, 5) is 13.6. The van der Waals surface area contributed by atoms with Crippen LogP contribution in [0.5, 0.6) is 0 Å². The van der Waals surface area contributed by atoms with E-state index >= 15 is 0 Å². The van der Waals surface area contributed by atoms with Gasteiger partial charge in [-0.2, -0.15) is 0 Å². The molecule has 0 unspecified atom stereocenters. The van der Waals surface area contributed by atoms with Gasteiger partial charge in [0, 0.05) is 31.3 Å². The van der Waals surface area contributed by atoms with Crippen LogP contribution in [0.25, 0.3) is 0 Å². The quantitative estimate of drug-likeness (QED) is 0.843. The fraction of sp³-hybridized carbons (Fsp3) is 0.588. The molecule has 1 heterocycles. The number of rotatable bonds is 5. The molecule has 7 heteroatoms. The number of carbonyl (C=O) groups excluding carboxylic acids is 1. The lowest BCUT2D eigenvalue weighted by Gasteiger charge is -2.30. The molecule has 1 saturated carbocycles. The van der Waals surface area contributed by atoms with E-state index in [0.29, 0.717) is 13.0 Å². The van der Waals surface area contributed by atoms with Crippen LogP contribution in [-0.2, 0) is 14.8 Å². The van der Waals surface area contributed by atoms with Crippen LogP contribution >= 0.6 is 0 Å². The number of sulfonamides is 1. The summed E-state index contributed by atoms with van der Waals surface area (Å²) in [5.41, 5.74) is 0.738. The standard InChI is InChI=1S/C17H24N2O4S/c20-12-13-4-1-2-5-16(13)18-24(22,23)15-9-7-14(8-10-15)19-11-3-6-17(19)21/h7-10,13,16,18,20H,1-6,11-12H2/t13-,16+/m1/s1. The Balaban J connectivity index is 1.73. The van der Waals surface area contributed by atoms with E-state index in [9.17, 15) is 18.3 Å². The fourth-order valence-electron chi connectivity index (χ4n) is 3.58. The second-order valence-electron chi connectivity index (χ2n) is 6.60. The van der Waals surface area contributed by atoms with Gasteiger partial charge < -0.3 is 10.0 Å². The summed E-state index contributed by atoms with van der Waals surface area (Å²) in [6.07, 6.45) is 4.99. The first-order valence-electron chi connectivity index (χ1n) is 8.55. The molecule has 1 aliphatic heterocycles.